The van der Waals surface area contributed by atoms with E-state index in [2.05, 4.69) is 10.6 Å². The zero-order valence-electron chi connectivity index (χ0n) is 12.1. The summed E-state index contributed by atoms with van der Waals surface area (Å²) in [5.41, 5.74) is 2.46. The summed E-state index contributed by atoms with van der Waals surface area (Å²) in [4.78, 5) is 23.8. The van der Waals surface area contributed by atoms with Gasteiger partial charge in [-0.25, -0.2) is 0 Å². The zero-order valence-corrected chi connectivity index (χ0v) is 12.1. The van der Waals surface area contributed by atoms with Crippen LogP contribution in [0.15, 0.2) is 54.6 Å². The van der Waals surface area contributed by atoms with E-state index in [1.165, 1.54) is 6.92 Å². The average molecular weight is 282 g/mol. The van der Waals surface area contributed by atoms with Crippen LogP contribution in [0.25, 0.3) is 0 Å². The first-order chi connectivity index (χ1) is 10.1. The number of hydrogen-bond donors (Lipinski definition) is 2. The van der Waals surface area contributed by atoms with Crippen molar-refractivity contribution in [3.63, 3.8) is 0 Å². The Bertz CT molecular complexity index is 621. The van der Waals surface area contributed by atoms with E-state index >= 15 is 0 Å². The maximum atomic E-state index is 12.5. The van der Waals surface area contributed by atoms with E-state index in [4.69, 9.17) is 0 Å². The molecule has 0 aromatic heterocycles. The molecule has 0 spiro atoms. The second kappa shape index (κ2) is 6.70. The molecule has 108 valence electrons. The van der Waals surface area contributed by atoms with Crippen molar-refractivity contribution in [3.8, 4) is 0 Å². The Labute approximate surface area is 124 Å². The number of carbonyl (C=O) groups excluding carboxylic acids is 2. The molecule has 0 saturated carbocycles. The van der Waals surface area contributed by atoms with E-state index in [0.717, 1.165) is 11.3 Å². The van der Waals surface area contributed by atoms with Gasteiger partial charge in [0.2, 0.25) is 11.7 Å². The number of ketones is 1. The van der Waals surface area contributed by atoms with Gasteiger partial charge in [0, 0.05) is 18.2 Å². The molecule has 2 N–H and O–H groups in total. The molecule has 4 nitrogen and oxygen atoms in total. The second-order valence-electron chi connectivity index (χ2n) is 4.87. The monoisotopic (exact) mass is 282 g/mol. The maximum absolute atomic E-state index is 12.5. The highest BCUT2D eigenvalue weighted by Crippen LogP contribution is 2.12. The van der Waals surface area contributed by atoms with Gasteiger partial charge < -0.3 is 10.6 Å². The first-order valence-corrected chi connectivity index (χ1v) is 6.76. The van der Waals surface area contributed by atoms with Gasteiger partial charge in [0.15, 0.2) is 6.17 Å². The molecule has 0 aliphatic rings. The van der Waals surface area contributed by atoms with Crippen molar-refractivity contribution < 1.29 is 9.59 Å². The molecule has 4 heteroatoms. The molecule has 0 aliphatic heterocycles. The van der Waals surface area contributed by atoms with Gasteiger partial charge in [-0.1, -0.05) is 48.0 Å². The third-order valence-electron chi connectivity index (χ3n) is 3.03. The number of carbonyl (C=O) groups is 2. The maximum Gasteiger partial charge on any atom is 0.218 e. The summed E-state index contributed by atoms with van der Waals surface area (Å²) in [6.45, 7) is 3.38. The molecule has 0 unspecified atom stereocenters. The van der Waals surface area contributed by atoms with Crippen LogP contribution < -0.4 is 10.6 Å². The van der Waals surface area contributed by atoms with Gasteiger partial charge in [-0.3, -0.25) is 9.59 Å². The van der Waals surface area contributed by atoms with Crippen molar-refractivity contribution in [2.24, 2.45) is 0 Å². The van der Waals surface area contributed by atoms with Crippen LogP contribution in [-0.4, -0.2) is 17.9 Å². The Morgan fingerprint density at radius 3 is 2.14 bits per heavy atom. The van der Waals surface area contributed by atoms with Crippen molar-refractivity contribution in [3.05, 3.63) is 65.7 Å². The Morgan fingerprint density at radius 1 is 0.952 bits per heavy atom. The van der Waals surface area contributed by atoms with E-state index in [1.807, 2.05) is 37.3 Å². The molecule has 0 radical (unpaired) electrons. The third kappa shape index (κ3) is 4.18. The van der Waals surface area contributed by atoms with Crippen molar-refractivity contribution in [1.29, 1.82) is 0 Å². The first-order valence-electron chi connectivity index (χ1n) is 6.76. The molecule has 2 aromatic rings. The summed E-state index contributed by atoms with van der Waals surface area (Å²) >= 11 is 0. The van der Waals surface area contributed by atoms with Crippen molar-refractivity contribution in [2.75, 3.05) is 5.32 Å². The van der Waals surface area contributed by atoms with Crippen LogP contribution in [0.2, 0.25) is 0 Å². The third-order valence-corrected chi connectivity index (χ3v) is 3.03. The normalized spacial score (nSPS) is 11.5. The molecule has 2 rings (SSSR count). The van der Waals surface area contributed by atoms with Crippen molar-refractivity contribution in [1.82, 2.24) is 5.32 Å². The molecule has 0 bridgehead atoms. The molecule has 0 aliphatic carbocycles. The predicted octanol–water partition coefficient (Wildman–Crippen LogP) is 2.75. The molecular weight excluding hydrogens is 264 g/mol. The van der Waals surface area contributed by atoms with E-state index < -0.39 is 6.17 Å². The first kappa shape index (κ1) is 14.8. The van der Waals surface area contributed by atoms with Crippen LogP contribution in [0, 0.1) is 6.92 Å². The smallest absolute Gasteiger partial charge is 0.218 e. The van der Waals surface area contributed by atoms with Crippen LogP contribution in [0.1, 0.15) is 22.8 Å². The number of rotatable bonds is 5. The second-order valence-corrected chi connectivity index (χ2v) is 4.87. The molecule has 0 heterocycles. The number of Topliss-reactive ketones (excluding diaryl/α,β-unsaturated/α-hetero) is 1. The minimum absolute atomic E-state index is 0.175. The van der Waals surface area contributed by atoms with Crippen LogP contribution in [0.4, 0.5) is 5.69 Å². The minimum Gasteiger partial charge on any atom is -0.359 e. The molecular formula is C17H18N2O2. The highest BCUT2D eigenvalue weighted by molar-refractivity contribution is 6.03. The summed E-state index contributed by atoms with van der Waals surface area (Å²) in [6, 6.07) is 16.5. The average Bonchev–Trinajstić information content (AvgIpc) is 2.48. The summed E-state index contributed by atoms with van der Waals surface area (Å²) in [6.07, 6.45) is -0.785. The Hall–Kier alpha value is -2.62. The highest BCUT2D eigenvalue weighted by atomic mass is 16.2. The van der Waals surface area contributed by atoms with E-state index in [1.54, 1.807) is 24.3 Å². The number of benzene rings is 2. The van der Waals surface area contributed by atoms with Crippen LogP contribution in [0.3, 0.4) is 0 Å². The molecule has 1 amide bonds. The van der Waals surface area contributed by atoms with Gasteiger partial charge in [-0.15, -0.1) is 0 Å². The lowest BCUT2D eigenvalue weighted by Gasteiger charge is -2.19. The van der Waals surface area contributed by atoms with Crippen LogP contribution >= 0.6 is 0 Å². The van der Waals surface area contributed by atoms with Gasteiger partial charge in [-0.2, -0.15) is 0 Å². The Morgan fingerprint density at radius 2 is 1.57 bits per heavy atom. The van der Waals surface area contributed by atoms with Gasteiger partial charge in [-0.05, 0) is 19.1 Å². The lowest BCUT2D eigenvalue weighted by molar-refractivity contribution is -0.119. The van der Waals surface area contributed by atoms with Gasteiger partial charge >= 0.3 is 0 Å². The van der Waals surface area contributed by atoms with Crippen molar-refractivity contribution >= 4 is 17.4 Å². The summed E-state index contributed by atoms with van der Waals surface area (Å²) in [5.74, 6) is -0.435. The predicted molar refractivity (Wildman–Crippen MR) is 83.2 cm³/mol. The van der Waals surface area contributed by atoms with Gasteiger partial charge in [0.1, 0.15) is 0 Å². The fourth-order valence-electron chi connectivity index (χ4n) is 1.96. The summed E-state index contributed by atoms with van der Waals surface area (Å²) in [7, 11) is 0. The fourth-order valence-corrected chi connectivity index (χ4v) is 1.96. The lowest BCUT2D eigenvalue weighted by Crippen LogP contribution is -2.45. The standard InChI is InChI=1S/C17H18N2O2/c1-12-8-10-15(11-9-12)19-17(18-13(2)20)16(21)14-6-4-3-5-7-14/h3-11,17,19H,1-2H3,(H,18,20)/t17-/m0/s1. The number of nitrogens with one attached hydrogen (secondary N) is 2. The molecule has 1 atom stereocenters. The fraction of sp³-hybridized carbons (Fsp3) is 0.176. The van der Waals surface area contributed by atoms with Gasteiger partial charge in [0.25, 0.3) is 0 Å². The number of anilines is 1. The Kier molecular flexibility index (Phi) is 4.72. The number of amides is 1. The van der Waals surface area contributed by atoms with E-state index in [0.29, 0.717) is 5.56 Å². The highest BCUT2D eigenvalue weighted by Gasteiger charge is 2.20. The quantitative estimate of drug-likeness (QED) is 0.655. The topological polar surface area (TPSA) is 58.2 Å². The Balaban J connectivity index is 2.20. The molecule has 21 heavy (non-hydrogen) atoms. The van der Waals surface area contributed by atoms with Crippen LogP contribution in [0.5, 0.6) is 0 Å². The minimum atomic E-state index is -0.785. The molecule has 0 saturated heterocycles. The lowest BCUT2D eigenvalue weighted by atomic mass is 10.1. The summed E-state index contributed by atoms with van der Waals surface area (Å²) in [5, 5.41) is 5.70. The molecule has 2 aromatic carbocycles. The number of hydrogen-bond acceptors (Lipinski definition) is 3. The molecule has 0 fully saturated rings. The largest absolute Gasteiger partial charge is 0.359 e. The SMILES string of the molecule is CC(=O)N[C@@H](Nc1ccc(C)cc1)C(=O)c1ccccc1. The summed E-state index contributed by atoms with van der Waals surface area (Å²) < 4.78 is 0. The van der Waals surface area contributed by atoms with Crippen LogP contribution in [-0.2, 0) is 4.79 Å². The number of aryl methyl sites for hydroxylation is 1. The van der Waals surface area contributed by atoms with Gasteiger partial charge in [0.05, 0.1) is 0 Å². The van der Waals surface area contributed by atoms with E-state index in [9.17, 15) is 9.59 Å². The van der Waals surface area contributed by atoms with Crippen molar-refractivity contribution in [2.45, 2.75) is 20.0 Å². The zero-order chi connectivity index (χ0) is 15.2. The van der Waals surface area contributed by atoms with E-state index in [-0.39, 0.29) is 11.7 Å².